The SMILES string of the molecule is Cc1nn2c(ncc3c(=O)n(NC(=O)COc4cccc5cccnc45)ccc32)c1-c1ccccc1. The smallest absolute Gasteiger partial charge is 0.280 e. The number of hydrogen-bond donors (Lipinski definition) is 1. The number of nitrogens with zero attached hydrogens (tertiary/aromatic N) is 5. The number of fused-ring (bicyclic) bond motifs is 4. The van der Waals surface area contributed by atoms with Crippen LogP contribution < -0.4 is 15.7 Å². The lowest BCUT2D eigenvalue weighted by molar-refractivity contribution is -0.119. The van der Waals surface area contributed by atoms with E-state index >= 15 is 0 Å². The van der Waals surface area contributed by atoms with Crippen LogP contribution in [0.5, 0.6) is 5.75 Å². The Labute approximate surface area is 204 Å². The quantitative estimate of drug-likeness (QED) is 0.407. The number of aromatic nitrogens is 5. The Morgan fingerprint density at radius 3 is 2.69 bits per heavy atom. The Morgan fingerprint density at radius 2 is 1.83 bits per heavy atom. The van der Waals surface area contributed by atoms with E-state index in [4.69, 9.17) is 4.74 Å². The lowest BCUT2D eigenvalue weighted by Gasteiger charge is -2.11. The second-order valence-electron chi connectivity index (χ2n) is 8.26. The molecule has 0 aliphatic carbocycles. The number of ether oxygens (including phenoxy) is 1. The van der Waals surface area contributed by atoms with Crippen molar-refractivity contribution in [3.05, 3.63) is 101 Å². The average Bonchev–Trinajstić information content (AvgIpc) is 3.25. The van der Waals surface area contributed by atoms with Crippen LogP contribution in [0.15, 0.2) is 90.1 Å². The van der Waals surface area contributed by atoms with Gasteiger partial charge in [-0.1, -0.05) is 48.5 Å². The molecule has 6 aromatic rings. The zero-order valence-electron chi connectivity index (χ0n) is 19.3. The largest absolute Gasteiger partial charge is 0.481 e. The van der Waals surface area contributed by atoms with Gasteiger partial charge in [-0.25, -0.2) is 14.2 Å². The number of benzene rings is 2. The van der Waals surface area contributed by atoms with Crippen molar-refractivity contribution in [2.24, 2.45) is 0 Å². The normalized spacial score (nSPS) is 11.2. The van der Waals surface area contributed by atoms with Gasteiger partial charge in [-0.05, 0) is 30.7 Å². The maximum Gasteiger partial charge on any atom is 0.280 e. The first kappa shape index (κ1) is 21.5. The number of amides is 1. The van der Waals surface area contributed by atoms with Gasteiger partial charge in [-0.15, -0.1) is 0 Å². The van der Waals surface area contributed by atoms with Gasteiger partial charge >= 0.3 is 0 Å². The third kappa shape index (κ3) is 3.63. The van der Waals surface area contributed by atoms with E-state index in [1.165, 1.54) is 12.4 Å². The Kier molecular flexibility index (Phi) is 5.15. The van der Waals surface area contributed by atoms with E-state index in [1.807, 2.05) is 61.5 Å². The molecule has 0 saturated heterocycles. The minimum absolute atomic E-state index is 0.282. The summed E-state index contributed by atoms with van der Waals surface area (Å²) in [5.41, 5.74) is 6.78. The number of rotatable bonds is 5. The highest BCUT2D eigenvalue weighted by Crippen LogP contribution is 2.28. The van der Waals surface area contributed by atoms with E-state index in [0.29, 0.717) is 27.8 Å². The van der Waals surface area contributed by atoms with Crippen molar-refractivity contribution in [3.63, 3.8) is 0 Å². The molecule has 0 bridgehead atoms. The lowest BCUT2D eigenvalue weighted by atomic mass is 10.1. The summed E-state index contributed by atoms with van der Waals surface area (Å²) >= 11 is 0. The van der Waals surface area contributed by atoms with E-state index in [9.17, 15) is 9.59 Å². The van der Waals surface area contributed by atoms with E-state index in [1.54, 1.807) is 22.8 Å². The first-order valence-corrected chi connectivity index (χ1v) is 11.3. The third-order valence-corrected chi connectivity index (χ3v) is 5.95. The van der Waals surface area contributed by atoms with Crippen LogP contribution in [-0.2, 0) is 4.79 Å². The monoisotopic (exact) mass is 476 g/mol. The third-order valence-electron chi connectivity index (χ3n) is 5.95. The molecule has 1 amide bonds. The number of nitrogens with one attached hydrogen (secondary N) is 1. The highest BCUT2D eigenvalue weighted by atomic mass is 16.5. The Bertz CT molecular complexity index is 1820. The van der Waals surface area contributed by atoms with E-state index in [-0.39, 0.29) is 6.61 Å². The fourth-order valence-electron chi connectivity index (χ4n) is 4.31. The topological polar surface area (TPSA) is 103 Å². The number of carbonyl (C=O) groups is 1. The van der Waals surface area contributed by atoms with Gasteiger partial charge in [0.1, 0.15) is 11.3 Å². The molecule has 0 aliphatic rings. The summed E-state index contributed by atoms with van der Waals surface area (Å²) in [6.07, 6.45) is 4.68. The van der Waals surface area contributed by atoms with Crippen LogP contribution >= 0.6 is 0 Å². The predicted octanol–water partition coefficient (Wildman–Crippen LogP) is 3.72. The number of para-hydroxylation sites is 1. The fraction of sp³-hybridized carbons (Fsp3) is 0.0741. The van der Waals surface area contributed by atoms with Crippen LogP contribution in [0.3, 0.4) is 0 Å². The molecule has 0 aliphatic heterocycles. The molecule has 4 aromatic heterocycles. The molecule has 0 spiro atoms. The van der Waals surface area contributed by atoms with Gasteiger partial charge in [-0.3, -0.25) is 20.0 Å². The molecule has 2 aromatic carbocycles. The van der Waals surface area contributed by atoms with Crippen LogP contribution in [0, 0.1) is 6.92 Å². The number of aryl methyl sites for hydroxylation is 1. The highest BCUT2D eigenvalue weighted by Gasteiger charge is 2.17. The maximum atomic E-state index is 13.1. The summed E-state index contributed by atoms with van der Waals surface area (Å²) in [7, 11) is 0. The zero-order valence-corrected chi connectivity index (χ0v) is 19.3. The van der Waals surface area contributed by atoms with Crippen LogP contribution in [0.4, 0.5) is 0 Å². The van der Waals surface area contributed by atoms with Crippen LogP contribution in [0.1, 0.15) is 5.69 Å². The van der Waals surface area contributed by atoms with Crippen molar-refractivity contribution >= 4 is 33.4 Å². The minimum atomic E-state index is -0.486. The summed E-state index contributed by atoms with van der Waals surface area (Å²) in [5, 5.41) is 5.86. The van der Waals surface area contributed by atoms with Gasteiger partial charge in [0.15, 0.2) is 12.3 Å². The van der Waals surface area contributed by atoms with Gasteiger partial charge in [0.2, 0.25) is 0 Å². The Balaban J connectivity index is 1.28. The van der Waals surface area contributed by atoms with Crippen LogP contribution in [0.2, 0.25) is 0 Å². The second kappa shape index (κ2) is 8.62. The number of hydrogen-bond acceptors (Lipinski definition) is 6. The van der Waals surface area contributed by atoms with Gasteiger partial charge in [-0.2, -0.15) is 5.10 Å². The maximum absolute atomic E-state index is 13.1. The van der Waals surface area contributed by atoms with E-state index in [2.05, 4.69) is 20.5 Å². The first-order valence-electron chi connectivity index (χ1n) is 11.3. The van der Waals surface area contributed by atoms with Crippen molar-refractivity contribution in [1.82, 2.24) is 24.3 Å². The number of carbonyl (C=O) groups excluding carboxylic acids is 1. The first-order chi connectivity index (χ1) is 17.6. The summed E-state index contributed by atoms with van der Waals surface area (Å²) in [5.74, 6) is 0.00342. The molecule has 9 nitrogen and oxygen atoms in total. The molecule has 1 N–H and O–H groups in total. The molecule has 6 rings (SSSR count). The highest BCUT2D eigenvalue weighted by molar-refractivity contribution is 5.89. The molecule has 0 radical (unpaired) electrons. The summed E-state index contributed by atoms with van der Waals surface area (Å²) in [6.45, 7) is 1.63. The molecule has 4 heterocycles. The van der Waals surface area contributed by atoms with E-state index < -0.39 is 11.5 Å². The lowest BCUT2D eigenvalue weighted by Crippen LogP contribution is -2.35. The molecule has 0 saturated carbocycles. The van der Waals surface area contributed by atoms with Crippen molar-refractivity contribution in [1.29, 1.82) is 0 Å². The van der Waals surface area contributed by atoms with Crippen molar-refractivity contribution in [2.75, 3.05) is 12.0 Å². The van der Waals surface area contributed by atoms with Crippen molar-refractivity contribution < 1.29 is 9.53 Å². The van der Waals surface area contributed by atoms with Gasteiger partial charge in [0, 0.05) is 29.5 Å². The van der Waals surface area contributed by atoms with Gasteiger partial charge in [0.25, 0.3) is 11.5 Å². The molecule has 0 unspecified atom stereocenters. The van der Waals surface area contributed by atoms with Crippen LogP contribution in [-0.4, -0.2) is 36.8 Å². The second-order valence-corrected chi connectivity index (χ2v) is 8.26. The minimum Gasteiger partial charge on any atom is -0.481 e. The molecule has 176 valence electrons. The van der Waals surface area contributed by atoms with Crippen molar-refractivity contribution in [3.8, 4) is 16.9 Å². The predicted molar refractivity (Wildman–Crippen MR) is 137 cm³/mol. The Hall–Kier alpha value is -5.05. The zero-order chi connectivity index (χ0) is 24.6. The summed E-state index contributed by atoms with van der Waals surface area (Å²) in [4.78, 5) is 34.6. The Morgan fingerprint density at radius 1 is 1.00 bits per heavy atom. The summed E-state index contributed by atoms with van der Waals surface area (Å²) in [6, 6.07) is 20.8. The van der Waals surface area contributed by atoms with Gasteiger partial charge in [0.05, 0.1) is 16.6 Å². The van der Waals surface area contributed by atoms with Gasteiger partial charge < -0.3 is 4.74 Å². The van der Waals surface area contributed by atoms with Crippen molar-refractivity contribution in [2.45, 2.75) is 6.92 Å². The molecule has 9 heteroatoms. The molecule has 0 atom stereocenters. The summed E-state index contributed by atoms with van der Waals surface area (Å²) < 4.78 is 8.47. The van der Waals surface area contributed by atoms with Crippen LogP contribution in [0.25, 0.3) is 38.6 Å². The fourth-order valence-corrected chi connectivity index (χ4v) is 4.31. The van der Waals surface area contributed by atoms with E-state index in [0.717, 1.165) is 26.9 Å². The standard InChI is InChI=1S/C27H20N6O3/c1-17-24(18-7-3-2-4-8-18)26-29-15-20-21(33(26)30-17)12-14-32(27(20)35)31-23(34)16-36-22-11-5-9-19-10-6-13-28-25(19)22/h2-15H,16H2,1H3,(H,31,34). The molecule has 36 heavy (non-hydrogen) atoms. The molecular weight excluding hydrogens is 456 g/mol. The average molecular weight is 476 g/mol. The molecule has 0 fully saturated rings. The molecular formula is C27H20N6O3. The number of pyridine rings is 2.